The van der Waals surface area contributed by atoms with E-state index in [1.807, 2.05) is 37.4 Å². The molecule has 0 bridgehead atoms. The third-order valence-corrected chi connectivity index (χ3v) is 6.11. The summed E-state index contributed by atoms with van der Waals surface area (Å²) in [7, 11) is 0. The smallest absolute Gasteiger partial charge is 0.408 e. The van der Waals surface area contributed by atoms with Crippen molar-refractivity contribution in [2.24, 2.45) is 0 Å². The molecule has 0 radical (unpaired) electrons. The molecule has 8 heteroatoms. The summed E-state index contributed by atoms with van der Waals surface area (Å²) in [5.41, 5.74) is 2.82. The Morgan fingerprint density at radius 1 is 1.00 bits per heavy atom. The normalized spacial score (nSPS) is 12.5. The van der Waals surface area contributed by atoms with Gasteiger partial charge in [-0.25, -0.2) is 14.4 Å². The van der Waals surface area contributed by atoms with Crippen LogP contribution >= 0.6 is 0 Å². The van der Waals surface area contributed by atoms with E-state index >= 15 is 0 Å². The lowest BCUT2D eigenvalue weighted by molar-refractivity contribution is -0.136. The second-order valence-electron chi connectivity index (χ2n) is 9.89. The second-order valence-corrected chi connectivity index (χ2v) is 9.89. The zero-order chi connectivity index (χ0) is 26.2. The van der Waals surface area contributed by atoms with Gasteiger partial charge in [-0.15, -0.1) is 0 Å². The Bertz CT molecular complexity index is 1520. The highest BCUT2D eigenvalue weighted by Crippen LogP contribution is 2.30. The highest BCUT2D eigenvalue weighted by molar-refractivity contribution is 5.89. The lowest BCUT2D eigenvalue weighted by Gasteiger charge is -2.23. The van der Waals surface area contributed by atoms with E-state index in [1.165, 1.54) is 0 Å². The van der Waals surface area contributed by atoms with Crippen LogP contribution in [0.2, 0.25) is 0 Å². The molecule has 0 aliphatic rings. The summed E-state index contributed by atoms with van der Waals surface area (Å²) in [5, 5.41) is 4.37. The fourth-order valence-corrected chi connectivity index (χ4v) is 4.08. The minimum atomic E-state index is -1.03. The number of esters is 1. The number of aryl methyl sites for hydroxylation is 2. The molecule has 4 aromatic rings. The molecule has 4 rings (SSSR count). The average Bonchev–Trinajstić information content (AvgIpc) is 3.21. The summed E-state index contributed by atoms with van der Waals surface area (Å²) >= 11 is 0. The molecule has 0 saturated carbocycles. The van der Waals surface area contributed by atoms with Crippen LogP contribution in [0, 0.1) is 20.8 Å². The van der Waals surface area contributed by atoms with Crippen LogP contribution in [0.1, 0.15) is 43.0 Å². The van der Waals surface area contributed by atoms with Gasteiger partial charge in [0.05, 0.1) is 0 Å². The molecule has 2 aromatic carbocycles. The first-order valence-corrected chi connectivity index (χ1v) is 11.7. The number of aromatic amines is 1. The molecular weight excluding hydrogens is 460 g/mol. The molecule has 188 valence electrons. The number of rotatable bonds is 5. The van der Waals surface area contributed by atoms with E-state index in [9.17, 15) is 14.4 Å². The molecular formula is C28H30N2O6. The van der Waals surface area contributed by atoms with Crippen LogP contribution in [0.4, 0.5) is 4.79 Å². The predicted molar refractivity (Wildman–Crippen MR) is 137 cm³/mol. The summed E-state index contributed by atoms with van der Waals surface area (Å²) in [4.78, 5) is 41.3. The highest BCUT2D eigenvalue weighted by Gasteiger charge is 2.28. The molecule has 0 unspecified atom stereocenters. The number of benzene rings is 2. The molecule has 0 aliphatic heterocycles. The number of carbonyl (C=O) groups excluding carboxylic acids is 2. The van der Waals surface area contributed by atoms with Crippen molar-refractivity contribution in [1.82, 2.24) is 10.3 Å². The minimum Gasteiger partial charge on any atom is -0.444 e. The molecule has 2 heterocycles. The molecule has 1 atom stereocenters. The van der Waals surface area contributed by atoms with Crippen molar-refractivity contribution in [2.75, 3.05) is 0 Å². The first kappa shape index (κ1) is 25.0. The fraction of sp³-hybridized carbons (Fsp3) is 0.321. The number of para-hydroxylation sites is 1. The molecule has 2 N–H and O–H groups in total. The lowest BCUT2D eigenvalue weighted by Crippen LogP contribution is -2.46. The summed E-state index contributed by atoms with van der Waals surface area (Å²) in [6.07, 6.45) is 1.27. The number of amides is 1. The maximum Gasteiger partial charge on any atom is 0.408 e. The second kappa shape index (κ2) is 9.53. The van der Waals surface area contributed by atoms with Crippen molar-refractivity contribution in [3.8, 4) is 5.75 Å². The van der Waals surface area contributed by atoms with E-state index in [0.717, 1.165) is 27.4 Å². The van der Waals surface area contributed by atoms with Crippen molar-refractivity contribution < 1.29 is 23.5 Å². The Morgan fingerprint density at radius 3 is 2.44 bits per heavy atom. The highest BCUT2D eigenvalue weighted by atomic mass is 16.6. The van der Waals surface area contributed by atoms with Gasteiger partial charge in [0, 0.05) is 40.0 Å². The number of nitrogens with one attached hydrogen (secondary N) is 2. The van der Waals surface area contributed by atoms with Crippen LogP contribution in [0.25, 0.3) is 21.9 Å². The summed E-state index contributed by atoms with van der Waals surface area (Å²) in [6.45, 7) is 10.5. The number of H-pyrrole nitrogens is 1. The Labute approximate surface area is 208 Å². The predicted octanol–water partition coefficient (Wildman–Crippen LogP) is 5.24. The molecule has 0 spiro atoms. The maximum atomic E-state index is 13.4. The first-order valence-electron chi connectivity index (χ1n) is 11.7. The zero-order valence-corrected chi connectivity index (χ0v) is 21.3. The Morgan fingerprint density at radius 2 is 1.72 bits per heavy atom. The quantitative estimate of drug-likeness (QED) is 0.225. The monoisotopic (exact) mass is 490 g/mol. The molecule has 8 nitrogen and oxygen atoms in total. The fourth-order valence-electron chi connectivity index (χ4n) is 4.08. The Balaban J connectivity index is 1.66. The van der Waals surface area contributed by atoms with Crippen molar-refractivity contribution in [2.45, 2.75) is 59.6 Å². The van der Waals surface area contributed by atoms with Crippen LogP contribution < -0.4 is 15.7 Å². The summed E-state index contributed by atoms with van der Waals surface area (Å²) < 4.78 is 16.6. The number of carbonyl (C=O) groups is 2. The zero-order valence-electron chi connectivity index (χ0n) is 21.3. The lowest BCUT2D eigenvalue weighted by atomic mass is 10.0. The summed E-state index contributed by atoms with van der Waals surface area (Å²) in [5.74, 6) is -0.423. The number of hydrogen-bond acceptors (Lipinski definition) is 6. The molecule has 0 saturated heterocycles. The third kappa shape index (κ3) is 5.12. The van der Waals surface area contributed by atoms with Gasteiger partial charge in [-0.2, -0.15) is 0 Å². The minimum absolute atomic E-state index is 0.183. The van der Waals surface area contributed by atoms with E-state index < -0.39 is 29.3 Å². The largest absolute Gasteiger partial charge is 0.444 e. The van der Waals surface area contributed by atoms with Gasteiger partial charge < -0.3 is 24.2 Å². The van der Waals surface area contributed by atoms with Crippen LogP contribution in [0.3, 0.4) is 0 Å². The van der Waals surface area contributed by atoms with E-state index in [4.69, 9.17) is 13.9 Å². The Kier molecular flexibility index (Phi) is 6.63. The number of ether oxygens (including phenoxy) is 2. The number of aromatic nitrogens is 1. The Hall–Kier alpha value is -4.07. The topological polar surface area (TPSA) is 111 Å². The first-order chi connectivity index (χ1) is 16.9. The van der Waals surface area contributed by atoms with E-state index in [1.54, 1.807) is 46.8 Å². The van der Waals surface area contributed by atoms with Gasteiger partial charge in [0.2, 0.25) is 0 Å². The van der Waals surface area contributed by atoms with Crippen LogP contribution in [-0.4, -0.2) is 28.7 Å². The van der Waals surface area contributed by atoms with Crippen LogP contribution in [0.5, 0.6) is 5.75 Å². The van der Waals surface area contributed by atoms with Crippen LogP contribution in [-0.2, 0) is 16.0 Å². The molecule has 36 heavy (non-hydrogen) atoms. The van der Waals surface area contributed by atoms with Gasteiger partial charge in [0.15, 0.2) is 0 Å². The maximum absolute atomic E-state index is 13.4. The molecule has 1 amide bonds. The molecule has 0 fully saturated rings. The van der Waals surface area contributed by atoms with Gasteiger partial charge in [0.25, 0.3) is 0 Å². The third-order valence-electron chi connectivity index (χ3n) is 6.11. The van der Waals surface area contributed by atoms with E-state index in [-0.39, 0.29) is 12.2 Å². The standard InChI is InChI=1S/C28H30N2O6/c1-15-16(2)25(31)35-24-17(3)23(12-11-19(15)24)34-26(32)22(30-27(33)36-28(4,5)6)13-18-14-29-21-10-8-7-9-20(18)21/h7-12,14,22,29H,13H2,1-6H3,(H,30,33)/t22-/m0/s1. The van der Waals surface area contributed by atoms with Gasteiger partial charge >= 0.3 is 17.7 Å². The van der Waals surface area contributed by atoms with Gasteiger partial charge in [-0.3, -0.25) is 0 Å². The van der Waals surface area contributed by atoms with Gasteiger partial charge in [0.1, 0.15) is 23.0 Å². The average molecular weight is 491 g/mol. The van der Waals surface area contributed by atoms with Crippen molar-refractivity contribution in [1.29, 1.82) is 0 Å². The van der Waals surface area contributed by atoms with E-state index in [2.05, 4.69) is 10.3 Å². The number of hydrogen-bond donors (Lipinski definition) is 2. The molecule has 0 aliphatic carbocycles. The van der Waals surface area contributed by atoms with Crippen molar-refractivity contribution in [3.05, 3.63) is 75.3 Å². The van der Waals surface area contributed by atoms with Crippen molar-refractivity contribution >= 4 is 33.9 Å². The number of fused-ring (bicyclic) bond motifs is 2. The van der Waals surface area contributed by atoms with Gasteiger partial charge in [-0.05, 0) is 70.9 Å². The van der Waals surface area contributed by atoms with Gasteiger partial charge in [-0.1, -0.05) is 18.2 Å². The SMILES string of the molecule is Cc1c(C)c2ccc(OC(=O)[C@H](Cc3c[nH]c4ccccc34)NC(=O)OC(C)(C)C)c(C)c2oc1=O. The van der Waals surface area contributed by atoms with Crippen LogP contribution in [0.15, 0.2) is 51.8 Å². The molecule has 2 aromatic heterocycles. The number of alkyl carbamates (subject to hydrolysis) is 1. The van der Waals surface area contributed by atoms with E-state index in [0.29, 0.717) is 16.7 Å². The summed E-state index contributed by atoms with van der Waals surface area (Å²) in [6, 6.07) is 10.1. The van der Waals surface area contributed by atoms with Crippen molar-refractivity contribution in [3.63, 3.8) is 0 Å².